The largest absolute Gasteiger partial charge is 0.395 e. The summed E-state index contributed by atoms with van der Waals surface area (Å²) in [6, 6.07) is 8.15. The Morgan fingerprint density at radius 1 is 1.32 bits per heavy atom. The quantitative estimate of drug-likeness (QED) is 0.853. The second-order valence-electron chi connectivity index (χ2n) is 4.33. The summed E-state index contributed by atoms with van der Waals surface area (Å²) in [6.07, 6.45) is 0. The smallest absolute Gasteiger partial charge is 0.0637 e. The van der Waals surface area contributed by atoms with Gasteiger partial charge in [-0.1, -0.05) is 29.8 Å². The number of aliphatic hydroxyl groups excluding tert-OH is 1. The third-order valence-corrected chi connectivity index (χ3v) is 4.70. The van der Waals surface area contributed by atoms with Gasteiger partial charge in [-0.3, -0.25) is 4.90 Å². The van der Waals surface area contributed by atoms with Crippen LogP contribution in [0.3, 0.4) is 0 Å². The van der Waals surface area contributed by atoms with Gasteiger partial charge in [0.25, 0.3) is 0 Å². The first kappa shape index (κ1) is 14.8. The molecule has 2 aromatic rings. The van der Waals surface area contributed by atoms with Crippen LogP contribution < -0.4 is 0 Å². The molecule has 0 unspecified atom stereocenters. The summed E-state index contributed by atoms with van der Waals surface area (Å²) < 4.78 is 6.30. The summed E-state index contributed by atoms with van der Waals surface area (Å²) in [7, 11) is 1.68. The Balaban J connectivity index is 2.16. The second-order valence-corrected chi connectivity index (χ2v) is 5.84. The summed E-state index contributed by atoms with van der Waals surface area (Å²) in [4.78, 5) is 3.30. The predicted molar refractivity (Wildman–Crippen MR) is 81.1 cm³/mol. The van der Waals surface area contributed by atoms with Crippen molar-refractivity contribution < 1.29 is 9.84 Å². The number of fused-ring (bicyclic) bond motifs is 1. The molecule has 0 radical (unpaired) electrons. The summed E-state index contributed by atoms with van der Waals surface area (Å²) in [5.74, 6) is 0. The number of benzene rings is 1. The van der Waals surface area contributed by atoms with Crippen LogP contribution in [0.4, 0.5) is 0 Å². The number of rotatable bonds is 7. The lowest BCUT2D eigenvalue weighted by atomic mass is 10.2. The van der Waals surface area contributed by atoms with E-state index in [0.717, 1.165) is 28.4 Å². The summed E-state index contributed by atoms with van der Waals surface area (Å²) in [5.41, 5.74) is 0. The molecule has 0 saturated carbocycles. The van der Waals surface area contributed by atoms with Crippen molar-refractivity contribution in [2.75, 3.05) is 33.4 Å². The van der Waals surface area contributed by atoms with Gasteiger partial charge in [0, 0.05) is 41.7 Å². The van der Waals surface area contributed by atoms with Crippen molar-refractivity contribution in [3.8, 4) is 0 Å². The van der Waals surface area contributed by atoms with Crippen LogP contribution >= 0.6 is 22.9 Å². The molecular weight excluding hydrogens is 282 g/mol. The van der Waals surface area contributed by atoms with Crippen LogP contribution in [0.15, 0.2) is 24.3 Å². The molecule has 19 heavy (non-hydrogen) atoms. The van der Waals surface area contributed by atoms with Gasteiger partial charge in [-0.05, 0) is 6.07 Å². The summed E-state index contributed by atoms with van der Waals surface area (Å²) in [5, 5.41) is 11.1. The molecule has 0 aliphatic heterocycles. The van der Waals surface area contributed by atoms with Gasteiger partial charge < -0.3 is 9.84 Å². The van der Waals surface area contributed by atoms with Crippen molar-refractivity contribution in [3.05, 3.63) is 34.2 Å². The highest BCUT2D eigenvalue weighted by molar-refractivity contribution is 7.19. The third-order valence-electron chi connectivity index (χ3n) is 3.00. The zero-order valence-electron chi connectivity index (χ0n) is 10.9. The van der Waals surface area contributed by atoms with Crippen molar-refractivity contribution in [1.29, 1.82) is 0 Å². The van der Waals surface area contributed by atoms with Crippen LogP contribution in [-0.2, 0) is 11.3 Å². The maximum absolute atomic E-state index is 9.11. The van der Waals surface area contributed by atoms with Gasteiger partial charge >= 0.3 is 0 Å². The van der Waals surface area contributed by atoms with Crippen LogP contribution in [0.25, 0.3) is 10.1 Å². The highest BCUT2D eigenvalue weighted by Gasteiger charge is 2.13. The van der Waals surface area contributed by atoms with Crippen molar-refractivity contribution in [3.63, 3.8) is 0 Å². The zero-order chi connectivity index (χ0) is 13.7. The van der Waals surface area contributed by atoms with E-state index in [4.69, 9.17) is 21.4 Å². The molecule has 0 fully saturated rings. The summed E-state index contributed by atoms with van der Waals surface area (Å²) in [6.45, 7) is 2.98. The molecule has 3 nitrogen and oxygen atoms in total. The molecule has 0 spiro atoms. The van der Waals surface area contributed by atoms with Gasteiger partial charge in [0.1, 0.15) is 0 Å². The standard InChI is InChI=1S/C14H18ClNO2S/c1-18-9-7-16(6-8-17)10-13-14(15)11-4-2-3-5-12(11)19-13/h2-5,17H,6-10H2,1H3. The molecule has 1 N–H and O–H groups in total. The first-order valence-corrected chi connectivity index (χ1v) is 7.43. The molecule has 0 bridgehead atoms. The van der Waals surface area contributed by atoms with Gasteiger partial charge in [-0.25, -0.2) is 0 Å². The lowest BCUT2D eigenvalue weighted by molar-refractivity contribution is 0.127. The second kappa shape index (κ2) is 7.22. The molecule has 1 aromatic heterocycles. The Bertz CT molecular complexity index is 529. The van der Waals surface area contributed by atoms with Gasteiger partial charge in [-0.2, -0.15) is 0 Å². The lowest BCUT2D eigenvalue weighted by Crippen LogP contribution is -2.29. The van der Waals surface area contributed by atoms with Gasteiger partial charge in [0.2, 0.25) is 0 Å². The average Bonchev–Trinajstić information content (AvgIpc) is 2.74. The minimum absolute atomic E-state index is 0.145. The van der Waals surface area contributed by atoms with Crippen molar-refractivity contribution >= 4 is 33.0 Å². The van der Waals surface area contributed by atoms with Crippen molar-refractivity contribution in [2.24, 2.45) is 0 Å². The van der Waals surface area contributed by atoms with Crippen molar-refractivity contribution in [1.82, 2.24) is 4.90 Å². The lowest BCUT2D eigenvalue weighted by Gasteiger charge is -2.20. The molecule has 0 saturated heterocycles. The Morgan fingerprint density at radius 3 is 2.79 bits per heavy atom. The Kier molecular flexibility index (Phi) is 5.60. The van der Waals surface area contributed by atoms with E-state index in [1.165, 1.54) is 4.70 Å². The normalized spacial score (nSPS) is 11.6. The van der Waals surface area contributed by atoms with Gasteiger partial charge in [0.15, 0.2) is 0 Å². The van der Waals surface area contributed by atoms with Crippen LogP contribution in [0.5, 0.6) is 0 Å². The number of aliphatic hydroxyl groups is 1. The van der Waals surface area contributed by atoms with Crippen LogP contribution in [-0.4, -0.2) is 43.4 Å². The van der Waals surface area contributed by atoms with E-state index < -0.39 is 0 Å². The maximum Gasteiger partial charge on any atom is 0.0637 e. The number of hydrogen-bond acceptors (Lipinski definition) is 4. The molecule has 1 heterocycles. The van der Waals surface area contributed by atoms with Crippen molar-refractivity contribution in [2.45, 2.75) is 6.54 Å². The number of hydrogen-bond donors (Lipinski definition) is 1. The molecule has 0 atom stereocenters. The van der Waals surface area contributed by atoms with Gasteiger partial charge in [-0.15, -0.1) is 11.3 Å². The van der Waals surface area contributed by atoms with Crippen LogP contribution in [0.1, 0.15) is 4.88 Å². The van der Waals surface area contributed by atoms with E-state index in [-0.39, 0.29) is 6.61 Å². The molecule has 0 aliphatic rings. The molecule has 0 amide bonds. The Hall–Kier alpha value is -0.650. The zero-order valence-corrected chi connectivity index (χ0v) is 12.5. The number of ether oxygens (including phenoxy) is 1. The summed E-state index contributed by atoms with van der Waals surface area (Å²) >= 11 is 8.14. The Morgan fingerprint density at radius 2 is 2.11 bits per heavy atom. The van der Waals surface area contributed by atoms with Crippen LogP contribution in [0, 0.1) is 0 Å². The molecule has 1 aromatic carbocycles. The Labute approximate surface area is 122 Å². The fraction of sp³-hybridized carbons (Fsp3) is 0.429. The van der Waals surface area contributed by atoms with E-state index >= 15 is 0 Å². The van der Waals surface area contributed by atoms with Gasteiger partial charge in [0.05, 0.1) is 18.2 Å². The fourth-order valence-electron chi connectivity index (χ4n) is 2.00. The molecule has 104 valence electrons. The van der Waals surface area contributed by atoms with E-state index in [1.54, 1.807) is 18.4 Å². The topological polar surface area (TPSA) is 32.7 Å². The van der Waals surface area contributed by atoms with E-state index in [0.29, 0.717) is 13.2 Å². The first-order chi connectivity index (χ1) is 9.26. The molecule has 5 heteroatoms. The SMILES string of the molecule is COCCN(CCO)Cc1sc2ccccc2c1Cl. The molecule has 2 rings (SSSR count). The molecule has 0 aliphatic carbocycles. The number of methoxy groups -OCH3 is 1. The highest BCUT2D eigenvalue weighted by atomic mass is 35.5. The highest BCUT2D eigenvalue weighted by Crippen LogP contribution is 2.35. The van der Waals surface area contributed by atoms with E-state index in [2.05, 4.69) is 11.0 Å². The number of nitrogens with zero attached hydrogens (tertiary/aromatic N) is 1. The first-order valence-electron chi connectivity index (χ1n) is 6.24. The predicted octanol–water partition coefficient (Wildman–Crippen LogP) is 3.00. The van der Waals surface area contributed by atoms with E-state index in [9.17, 15) is 0 Å². The average molecular weight is 300 g/mol. The maximum atomic E-state index is 9.11. The minimum atomic E-state index is 0.145. The number of thiophene rings is 1. The third kappa shape index (κ3) is 3.68. The van der Waals surface area contributed by atoms with Crippen LogP contribution in [0.2, 0.25) is 5.02 Å². The monoisotopic (exact) mass is 299 g/mol. The fourth-order valence-corrected chi connectivity index (χ4v) is 3.54. The number of halogens is 1. The minimum Gasteiger partial charge on any atom is -0.395 e. The van der Waals surface area contributed by atoms with E-state index in [1.807, 2.05) is 18.2 Å². The molecular formula is C14H18ClNO2S.